The van der Waals surface area contributed by atoms with Crippen LogP contribution < -0.4 is 9.47 Å². The summed E-state index contributed by atoms with van der Waals surface area (Å²) in [6.45, 7) is 3.95. The number of oxazole rings is 1. The van der Waals surface area contributed by atoms with Crippen LogP contribution in [-0.4, -0.2) is 28.3 Å². The van der Waals surface area contributed by atoms with Gasteiger partial charge < -0.3 is 18.4 Å². The molecule has 0 spiro atoms. The van der Waals surface area contributed by atoms with Crippen molar-refractivity contribution in [2.45, 2.75) is 58.0 Å². The van der Waals surface area contributed by atoms with Gasteiger partial charge in [0, 0.05) is 17.5 Å². The lowest BCUT2D eigenvalue weighted by Crippen LogP contribution is -2.12. The van der Waals surface area contributed by atoms with E-state index in [1.165, 1.54) is 19.2 Å². The van der Waals surface area contributed by atoms with Gasteiger partial charge in [-0.25, -0.2) is 4.98 Å². The third kappa shape index (κ3) is 5.44. The Morgan fingerprint density at radius 3 is 2.67 bits per heavy atom. The minimum Gasteiger partial charge on any atom is -0.493 e. The molecule has 1 aliphatic carbocycles. The molecule has 1 atom stereocenters. The molecular formula is C29H29N3O4. The summed E-state index contributed by atoms with van der Waals surface area (Å²) in [5.41, 5.74) is 4.62. The molecule has 2 aromatic heterocycles. The van der Waals surface area contributed by atoms with Gasteiger partial charge in [0.05, 0.1) is 24.8 Å². The number of nitrogens with zero attached hydrogens (tertiary/aromatic N) is 3. The maximum atomic E-state index is 6.35. The average Bonchev–Trinajstić information content (AvgIpc) is 3.66. The Hall–Kier alpha value is -4.05. The van der Waals surface area contributed by atoms with Gasteiger partial charge in [0.2, 0.25) is 12.2 Å². The third-order valence-corrected chi connectivity index (χ3v) is 6.39. The van der Waals surface area contributed by atoms with Crippen LogP contribution in [-0.2, 0) is 6.42 Å². The highest BCUT2D eigenvalue weighted by atomic mass is 16.5. The molecule has 2 aromatic carbocycles. The van der Waals surface area contributed by atoms with Gasteiger partial charge >= 0.3 is 0 Å². The lowest BCUT2D eigenvalue weighted by molar-refractivity contribution is 0.200. The highest BCUT2D eigenvalue weighted by Crippen LogP contribution is 2.35. The molecule has 2 heterocycles. The van der Waals surface area contributed by atoms with Crippen LogP contribution in [0.25, 0.3) is 11.4 Å². The van der Waals surface area contributed by atoms with Crippen molar-refractivity contribution in [3.63, 3.8) is 0 Å². The molecule has 4 aromatic rings. The number of rotatable bonds is 7. The Balaban J connectivity index is 1.53. The highest BCUT2D eigenvalue weighted by molar-refractivity contribution is 5.66. The zero-order valence-electron chi connectivity index (χ0n) is 20.8. The first kappa shape index (κ1) is 23.7. The lowest BCUT2D eigenvalue weighted by Gasteiger charge is -2.18. The number of hydrogen-bond acceptors (Lipinski definition) is 7. The molecule has 0 saturated heterocycles. The molecule has 184 valence electrons. The second-order valence-corrected chi connectivity index (χ2v) is 9.15. The second-order valence-electron chi connectivity index (χ2n) is 9.15. The van der Waals surface area contributed by atoms with E-state index in [4.69, 9.17) is 18.4 Å². The van der Waals surface area contributed by atoms with Crippen LogP contribution in [0.4, 0.5) is 0 Å². The first-order valence-electron chi connectivity index (χ1n) is 12.2. The van der Waals surface area contributed by atoms with Gasteiger partial charge in [0.25, 0.3) is 0 Å². The zero-order valence-corrected chi connectivity index (χ0v) is 20.8. The summed E-state index contributed by atoms with van der Waals surface area (Å²) < 4.78 is 22.6. The molecule has 1 fully saturated rings. The van der Waals surface area contributed by atoms with E-state index in [1.807, 2.05) is 50.2 Å². The van der Waals surface area contributed by atoms with Gasteiger partial charge in [-0.2, -0.15) is 4.98 Å². The lowest BCUT2D eigenvalue weighted by atomic mass is 9.94. The molecule has 7 heteroatoms. The molecule has 5 rings (SSSR count). The molecule has 0 aliphatic heterocycles. The van der Waals surface area contributed by atoms with Gasteiger partial charge in [-0.1, -0.05) is 29.1 Å². The molecule has 7 nitrogen and oxygen atoms in total. The van der Waals surface area contributed by atoms with Crippen LogP contribution in [0.2, 0.25) is 0 Å². The Morgan fingerprint density at radius 1 is 1.08 bits per heavy atom. The molecule has 0 radical (unpaired) electrons. The molecule has 1 aliphatic rings. The quantitative estimate of drug-likeness (QED) is 0.296. The van der Waals surface area contributed by atoms with Crippen LogP contribution in [0.5, 0.6) is 11.5 Å². The van der Waals surface area contributed by atoms with Crippen LogP contribution >= 0.6 is 0 Å². The van der Waals surface area contributed by atoms with Crippen molar-refractivity contribution < 1.29 is 18.4 Å². The summed E-state index contributed by atoms with van der Waals surface area (Å²) in [5, 5.41) is 4.00. The van der Waals surface area contributed by atoms with Crippen LogP contribution in [0.1, 0.15) is 59.9 Å². The number of ether oxygens (including phenoxy) is 2. The molecular weight excluding hydrogens is 454 g/mol. The van der Waals surface area contributed by atoms with Crippen LogP contribution in [0, 0.1) is 25.7 Å². The fraction of sp³-hybridized carbons (Fsp3) is 0.345. The van der Waals surface area contributed by atoms with Crippen molar-refractivity contribution in [2.24, 2.45) is 0 Å². The number of aromatic nitrogens is 3. The Bertz CT molecular complexity index is 1380. The molecule has 0 amide bonds. The zero-order chi connectivity index (χ0) is 24.9. The summed E-state index contributed by atoms with van der Waals surface area (Å²) in [4.78, 5) is 8.73. The second kappa shape index (κ2) is 10.7. The largest absolute Gasteiger partial charge is 0.493 e. The maximum Gasteiger partial charge on any atom is 0.214 e. The van der Waals surface area contributed by atoms with Crippen LogP contribution in [0.15, 0.2) is 58.0 Å². The predicted molar refractivity (Wildman–Crippen MR) is 135 cm³/mol. The number of aryl methyl sites for hydroxylation is 2. The van der Waals surface area contributed by atoms with Gasteiger partial charge in [0.15, 0.2) is 17.4 Å². The van der Waals surface area contributed by atoms with Gasteiger partial charge in [-0.3, -0.25) is 0 Å². The maximum absolute atomic E-state index is 6.35. The average molecular weight is 484 g/mol. The monoisotopic (exact) mass is 483 g/mol. The van der Waals surface area contributed by atoms with Crippen molar-refractivity contribution in [2.75, 3.05) is 7.11 Å². The SMILES string of the molecule is COc1ccc(C(C#Cc2cc(C)ccc2-c2ncon2)Cc2nc(C)co2)cc1OC1CCCC1. The number of methoxy groups -OCH3 is 1. The Kier molecular flexibility index (Phi) is 7.03. The summed E-state index contributed by atoms with van der Waals surface area (Å²) in [6.07, 6.45) is 8.27. The highest BCUT2D eigenvalue weighted by Gasteiger charge is 2.21. The van der Waals surface area contributed by atoms with E-state index in [9.17, 15) is 0 Å². The topological polar surface area (TPSA) is 83.4 Å². The van der Waals surface area contributed by atoms with E-state index >= 15 is 0 Å². The van der Waals surface area contributed by atoms with E-state index in [0.29, 0.717) is 18.1 Å². The Morgan fingerprint density at radius 2 is 1.94 bits per heavy atom. The molecule has 1 unspecified atom stereocenters. The van der Waals surface area contributed by atoms with Crippen LogP contribution in [0.3, 0.4) is 0 Å². The van der Waals surface area contributed by atoms with E-state index in [-0.39, 0.29) is 12.0 Å². The number of benzene rings is 2. The van der Waals surface area contributed by atoms with E-state index < -0.39 is 0 Å². The molecule has 0 bridgehead atoms. The van der Waals surface area contributed by atoms with Crippen molar-refractivity contribution >= 4 is 0 Å². The van der Waals surface area contributed by atoms with Gasteiger partial charge in [-0.15, -0.1) is 0 Å². The smallest absolute Gasteiger partial charge is 0.214 e. The summed E-state index contributed by atoms with van der Waals surface area (Å²) in [7, 11) is 1.67. The van der Waals surface area contributed by atoms with E-state index in [1.54, 1.807) is 13.4 Å². The summed E-state index contributed by atoms with van der Waals surface area (Å²) >= 11 is 0. The van der Waals surface area contributed by atoms with Crippen molar-refractivity contribution in [1.29, 1.82) is 0 Å². The molecule has 0 N–H and O–H groups in total. The third-order valence-electron chi connectivity index (χ3n) is 6.39. The van der Waals surface area contributed by atoms with E-state index in [0.717, 1.165) is 52.3 Å². The number of hydrogen-bond donors (Lipinski definition) is 0. The fourth-order valence-corrected chi connectivity index (χ4v) is 4.52. The van der Waals surface area contributed by atoms with E-state index in [2.05, 4.69) is 27.0 Å². The van der Waals surface area contributed by atoms with Crippen molar-refractivity contribution in [3.8, 4) is 34.7 Å². The summed E-state index contributed by atoms with van der Waals surface area (Å²) in [5.74, 6) is 9.29. The fourth-order valence-electron chi connectivity index (χ4n) is 4.52. The normalized spacial score (nSPS) is 14.3. The Labute approximate surface area is 210 Å². The molecule has 1 saturated carbocycles. The predicted octanol–water partition coefficient (Wildman–Crippen LogP) is 6.05. The van der Waals surface area contributed by atoms with Gasteiger partial charge in [-0.05, 0) is 74.9 Å². The minimum atomic E-state index is -0.182. The van der Waals surface area contributed by atoms with Crippen molar-refractivity contribution in [3.05, 3.63) is 77.3 Å². The summed E-state index contributed by atoms with van der Waals surface area (Å²) in [6, 6.07) is 12.0. The van der Waals surface area contributed by atoms with Gasteiger partial charge in [0.1, 0.15) is 6.26 Å². The first-order valence-corrected chi connectivity index (χ1v) is 12.2. The standard InChI is InChI=1S/C29H29N3O4/c1-19-8-12-25(29-30-18-35-32-29)23(14-19)10-9-22(16-28-31-20(2)17-34-28)21-11-13-26(33-3)27(15-21)36-24-6-4-5-7-24/h8,11-15,17-18,22,24H,4-7,16H2,1-3H3. The molecule has 36 heavy (non-hydrogen) atoms. The first-order chi connectivity index (χ1) is 17.6. The van der Waals surface area contributed by atoms with Crippen molar-refractivity contribution in [1.82, 2.24) is 15.1 Å². The minimum absolute atomic E-state index is 0.182.